The summed E-state index contributed by atoms with van der Waals surface area (Å²) < 4.78 is 0. The monoisotopic (exact) mass is 351 g/mol. The van der Waals surface area contributed by atoms with Gasteiger partial charge in [-0.25, -0.2) is 4.79 Å². The van der Waals surface area contributed by atoms with Crippen molar-refractivity contribution >= 4 is 16.8 Å². The number of benzene rings is 1. The maximum atomic E-state index is 12.7. The molecule has 0 spiro atoms. The standard InChI is InChI=1S/C22H29N3O/c1-2-16-5-4-8-21(16)24-22(26)25-13-10-17(11-14-25)19-7-3-6-18-15-23-12-9-20(18)19/h3,6-7,9,12,15-17,21H,2,4-5,8,10-11,13-14H2,1H3,(H,24,26). The van der Waals surface area contributed by atoms with Crippen LogP contribution < -0.4 is 5.32 Å². The minimum Gasteiger partial charge on any atom is -0.335 e. The van der Waals surface area contributed by atoms with Crippen LogP contribution in [0.3, 0.4) is 0 Å². The molecule has 1 saturated heterocycles. The number of nitrogens with one attached hydrogen (secondary N) is 1. The van der Waals surface area contributed by atoms with Gasteiger partial charge in [0.1, 0.15) is 0 Å². The molecule has 1 aliphatic carbocycles. The molecule has 138 valence electrons. The van der Waals surface area contributed by atoms with E-state index in [9.17, 15) is 4.79 Å². The summed E-state index contributed by atoms with van der Waals surface area (Å²) in [5.41, 5.74) is 1.41. The summed E-state index contributed by atoms with van der Waals surface area (Å²) in [5, 5.41) is 5.83. The van der Waals surface area contributed by atoms with Crippen LogP contribution in [-0.4, -0.2) is 35.0 Å². The number of amides is 2. The molecule has 26 heavy (non-hydrogen) atoms. The predicted octanol–water partition coefficient (Wildman–Crippen LogP) is 4.70. The van der Waals surface area contributed by atoms with Gasteiger partial charge in [-0.15, -0.1) is 0 Å². The topological polar surface area (TPSA) is 45.2 Å². The summed E-state index contributed by atoms with van der Waals surface area (Å²) in [6, 6.07) is 9.15. The zero-order valence-corrected chi connectivity index (χ0v) is 15.7. The first-order valence-corrected chi connectivity index (χ1v) is 10.1. The molecule has 2 aromatic rings. The van der Waals surface area contributed by atoms with Crippen molar-refractivity contribution in [3.05, 3.63) is 42.2 Å². The van der Waals surface area contributed by atoms with E-state index in [1.807, 2.05) is 17.3 Å². The quantitative estimate of drug-likeness (QED) is 0.871. The number of fused-ring (bicyclic) bond motifs is 1. The van der Waals surface area contributed by atoms with E-state index in [0.717, 1.165) is 32.4 Å². The van der Waals surface area contributed by atoms with Crippen molar-refractivity contribution in [1.82, 2.24) is 15.2 Å². The minimum absolute atomic E-state index is 0.149. The van der Waals surface area contributed by atoms with Gasteiger partial charge in [0.05, 0.1) is 0 Å². The second-order valence-electron chi connectivity index (χ2n) is 7.86. The normalized spacial score (nSPS) is 24.1. The van der Waals surface area contributed by atoms with E-state index in [0.29, 0.717) is 17.9 Å². The fourth-order valence-corrected chi connectivity index (χ4v) is 4.86. The number of aromatic nitrogens is 1. The molecule has 1 aromatic carbocycles. The summed E-state index contributed by atoms with van der Waals surface area (Å²) in [5.74, 6) is 1.20. The van der Waals surface area contributed by atoms with E-state index in [1.165, 1.54) is 35.6 Å². The van der Waals surface area contributed by atoms with Crippen LogP contribution >= 0.6 is 0 Å². The van der Waals surface area contributed by atoms with Crippen LogP contribution in [0.15, 0.2) is 36.7 Å². The molecule has 2 aliphatic rings. The van der Waals surface area contributed by atoms with Gasteiger partial charge >= 0.3 is 6.03 Å². The third kappa shape index (κ3) is 3.42. The minimum atomic E-state index is 0.149. The van der Waals surface area contributed by atoms with Crippen molar-refractivity contribution in [3.8, 4) is 0 Å². The highest BCUT2D eigenvalue weighted by atomic mass is 16.2. The van der Waals surface area contributed by atoms with Gasteiger partial charge in [0.15, 0.2) is 0 Å². The van der Waals surface area contributed by atoms with Crippen LogP contribution in [0.1, 0.15) is 56.9 Å². The first-order valence-electron chi connectivity index (χ1n) is 10.1. The molecule has 4 nitrogen and oxygen atoms in total. The van der Waals surface area contributed by atoms with E-state index in [-0.39, 0.29) is 6.03 Å². The van der Waals surface area contributed by atoms with Gasteiger partial charge in [0.25, 0.3) is 0 Å². The van der Waals surface area contributed by atoms with Crippen molar-refractivity contribution in [2.75, 3.05) is 13.1 Å². The van der Waals surface area contributed by atoms with Crippen LogP contribution in [0, 0.1) is 5.92 Å². The van der Waals surface area contributed by atoms with Gasteiger partial charge < -0.3 is 10.2 Å². The molecule has 1 aliphatic heterocycles. The predicted molar refractivity (Wildman–Crippen MR) is 105 cm³/mol. The van der Waals surface area contributed by atoms with E-state index in [4.69, 9.17) is 0 Å². The Hall–Kier alpha value is -2.10. The molecule has 4 rings (SSSR count). The Bertz CT molecular complexity index is 762. The first kappa shape index (κ1) is 17.3. The third-order valence-electron chi connectivity index (χ3n) is 6.43. The first-order chi connectivity index (χ1) is 12.8. The molecule has 1 aromatic heterocycles. The van der Waals surface area contributed by atoms with Crippen molar-refractivity contribution < 1.29 is 4.79 Å². The lowest BCUT2D eigenvalue weighted by atomic mass is 9.87. The third-order valence-corrected chi connectivity index (χ3v) is 6.43. The molecule has 2 amide bonds. The average Bonchev–Trinajstić information content (AvgIpc) is 3.14. The Morgan fingerprint density at radius 1 is 1.19 bits per heavy atom. The maximum Gasteiger partial charge on any atom is 0.317 e. The lowest BCUT2D eigenvalue weighted by Crippen LogP contribution is -2.48. The summed E-state index contributed by atoms with van der Waals surface area (Å²) in [6.45, 7) is 3.93. The number of hydrogen-bond donors (Lipinski definition) is 1. The smallest absolute Gasteiger partial charge is 0.317 e. The van der Waals surface area contributed by atoms with Crippen LogP contribution in [0.5, 0.6) is 0 Å². The van der Waals surface area contributed by atoms with Gasteiger partial charge in [-0.3, -0.25) is 4.98 Å². The SMILES string of the molecule is CCC1CCCC1NC(=O)N1CCC(c2cccc3cnccc23)CC1. The maximum absolute atomic E-state index is 12.7. The van der Waals surface area contributed by atoms with Crippen LogP contribution in [0.2, 0.25) is 0 Å². The highest BCUT2D eigenvalue weighted by Crippen LogP contribution is 2.33. The number of urea groups is 1. The largest absolute Gasteiger partial charge is 0.335 e. The molecular formula is C22H29N3O. The molecule has 2 heterocycles. The number of pyridine rings is 1. The number of carbonyl (C=O) groups is 1. The fraction of sp³-hybridized carbons (Fsp3) is 0.545. The molecular weight excluding hydrogens is 322 g/mol. The molecule has 0 radical (unpaired) electrons. The Morgan fingerprint density at radius 2 is 2.04 bits per heavy atom. The second kappa shape index (κ2) is 7.65. The van der Waals surface area contributed by atoms with Gasteiger partial charge in [0.2, 0.25) is 0 Å². The van der Waals surface area contributed by atoms with Crippen molar-refractivity contribution in [2.24, 2.45) is 5.92 Å². The Labute approximate surface area is 156 Å². The van der Waals surface area contributed by atoms with E-state index in [1.54, 1.807) is 0 Å². The highest BCUT2D eigenvalue weighted by molar-refractivity contribution is 5.85. The van der Waals surface area contributed by atoms with E-state index >= 15 is 0 Å². The van der Waals surface area contributed by atoms with Gasteiger partial charge in [-0.05, 0) is 54.5 Å². The lowest BCUT2D eigenvalue weighted by Gasteiger charge is -2.34. The molecule has 2 atom stereocenters. The molecule has 1 N–H and O–H groups in total. The lowest BCUT2D eigenvalue weighted by molar-refractivity contribution is 0.175. The second-order valence-corrected chi connectivity index (χ2v) is 7.86. The van der Waals surface area contributed by atoms with Crippen LogP contribution in [0.4, 0.5) is 4.79 Å². The Kier molecular flexibility index (Phi) is 5.09. The molecule has 1 saturated carbocycles. The zero-order chi connectivity index (χ0) is 17.9. The summed E-state index contributed by atoms with van der Waals surface area (Å²) in [4.78, 5) is 18.9. The molecule has 4 heteroatoms. The highest BCUT2D eigenvalue weighted by Gasteiger charge is 2.30. The number of likely N-dealkylation sites (tertiary alicyclic amines) is 1. The van der Waals surface area contributed by atoms with Crippen LogP contribution in [0.25, 0.3) is 10.8 Å². The number of nitrogens with zero attached hydrogens (tertiary/aromatic N) is 2. The van der Waals surface area contributed by atoms with Crippen molar-refractivity contribution in [2.45, 2.75) is 57.4 Å². The molecule has 2 unspecified atom stereocenters. The van der Waals surface area contributed by atoms with Crippen molar-refractivity contribution in [3.63, 3.8) is 0 Å². The van der Waals surface area contributed by atoms with Gasteiger partial charge in [-0.2, -0.15) is 0 Å². The van der Waals surface area contributed by atoms with Gasteiger partial charge in [0, 0.05) is 36.9 Å². The zero-order valence-electron chi connectivity index (χ0n) is 15.7. The summed E-state index contributed by atoms with van der Waals surface area (Å²) in [6.07, 6.45) is 10.7. The Morgan fingerprint density at radius 3 is 2.85 bits per heavy atom. The van der Waals surface area contributed by atoms with Crippen molar-refractivity contribution in [1.29, 1.82) is 0 Å². The molecule has 0 bridgehead atoms. The fourth-order valence-electron chi connectivity index (χ4n) is 4.86. The summed E-state index contributed by atoms with van der Waals surface area (Å²) in [7, 11) is 0. The number of hydrogen-bond acceptors (Lipinski definition) is 2. The average molecular weight is 351 g/mol. The Balaban J connectivity index is 1.38. The molecule has 2 fully saturated rings. The number of piperidine rings is 1. The van der Waals surface area contributed by atoms with E-state index < -0.39 is 0 Å². The van der Waals surface area contributed by atoms with Crippen LogP contribution in [-0.2, 0) is 0 Å². The number of carbonyl (C=O) groups excluding carboxylic acids is 1. The van der Waals surface area contributed by atoms with Gasteiger partial charge in [-0.1, -0.05) is 38.0 Å². The summed E-state index contributed by atoms with van der Waals surface area (Å²) >= 11 is 0. The van der Waals surface area contributed by atoms with E-state index in [2.05, 4.69) is 41.5 Å². The number of rotatable bonds is 3.